The standard InChI is InChI=1S/C18H16N6O2/c1-11(2)18-21-15-9-13(5-8-16(15)26-18)20-17(25)12-3-6-14(7-4-12)24-10-19-22-23-24/h3-11H,1-2H3,(H,20,25). The van der Waals surface area contributed by atoms with Crippen molar-refractivity contribution >= 4 is 22.7 Å². The van der Waals surface area contributed by atoms with Gasteiger partial charge in [-0.3, -0.25) is 4.79 Å². The zero-order valence-electron chi connectivity index (χ0n) is 14.2. The van der Waals surface area contributed by atoms with Crippen LogP contribution in [0, 0.1) is 0 Å². The van der Waals surface area contributed by atoms with Crippen LogP contribution < -0.4 is 5.32 Å². The molecule has 0 fully saturated rings. The lowest BCUT2D eigenvalue weighted by atomic mass is 10.2. The molecule has 2 aromatic heterocycles. The number of aromatic nitrogens is 5. The maximum Gasteiger partial charge on any atom is 0.255 e. The van der Waals surface area contributed by atoms with E-state index >= 15 is 0 Å². The Balaban J connectivity index is 1.53. The number of carbonyl (C=O) groups is 1. The number of hydrogen-bond donors (Lipinski definition) is 1. The Bertz CT molecular complexity index is 1050. The van der Waals surface area contributed by atoms with Gasteiger partial charge < -0.3 is 9.73 Å². The van der Waals surface area contributed by atoms with E-state index < -0.39 is 0 Å². The number of oxazole rings is 1. The molecule has 8 heteroatoms. The van der Waals surface area contributed by atoms with Crippen LogP contribution in [-0.2, 0) is 0 Å². The Kier molecular flexibility index (Phi) is 3.92. The summed E-state index contributed by atoms with van der Waals surface area (Å²) in [7, 11) is 0. The van der Waals surface area contributed by atoms with E-state index in [4.69, 9.17) is 4.42 Å². The fourth-order valence-electron chi connectivity index (χ4n) is 2.52. The van der Waals surface area contributed by atoms with E-state index in [1.54, 1.807) is 36.4 Å². The van der Waals surface area contributed by atoms with Crippen molar-refractivity contribution in [1.29, 1.82) is 0 Å². The first-order chi connectivity index (χ1) is 12.6. The zero-order valence-corrected chi connectivity index (χ0v) is 14.2. The summed E-state index contributed by atoms with van der Waals surface area (Å²) in [5.74, 6) is 0.681. The van der Waals surface area contributed by atoms with Gasteiger partial charge in [0.15, 0.2) is 11.5 Å². The van der Waals surface area contributed by atoms with Gasteiger partial charge in [0.2, 0.25) is 0 Å². The molecule has 0 radical (unpaired) electrons. The summed E-state index contributed by atoms with van der Waals surface area (Å²) in [6.07, 6.45) is 1.49. The second kappa shape index (κ2) is 6.40. The highest BCUT2D eigenvalue weighted by Crippen LogP contribution is 2.24. The third-order valence-electron chi connectivity index (χ3n) is 3.90. The Morgan fingerprint density at radius 2 is 1.96 bits per heavy atom. The van der Waals surface area contributed by atoms with Gasteiger partial charge >= 0.3 is 0 Å². The van der Waals surface area contributed by atoms with Crippen LogP contribution in [0.2, 0.25) is 0 Å². The highest BCUT2D eigenvalue weighted by atomic mass is 16.3. The first-order valence-electron chi connectivity index (χ1n) is 8.15. The van der Waals surface area contributed by atoms with E-state index in [1.165, 1.54) is 11.0 Å². The summed E-state index contributed by atoms with van der Waals surface area (Å²) >= 11 is 0. The van der Waals surface area contributed by atoms with Crippen molar-refractivity contribution in [1.82, 2.24) is 25.2 Å². The molecule has 0 saturated heterocycles. The SMILES string of the molecule is CC(C)c1nc2cc(NC(=O)c3ccc(-n4cnnn4)cc3)ccc2o1. The molecule has 2 heterocycles. The van der Waals surface area contributed by atoms with Crippen molar-refractivity contribution in [2.75, 3.05) is 5.32 Å². The normalized spacial score (nSPS) is 11.2. The van der Waals surface area contributed by atoms with Gasteiger partial charge in [0.1, 0.15) is 11.8 Å². The van der Waals surface area contributed by atoms with Crippen molar-refractivity contribution in [2.24, 2.45) is 0 Å². The number of tetrazole rings is 1. The second-order valence-corrected chi connectivity index (χ2v) is 6.14. The van der Waals surface area contributed by atoms with E-state index in [2.05, 4.69) is 25.8 Å². The molecule has 2 aromatic carbocycles. The molecule has 0 aliphatic carbocycles. The van der Waals surface area contributed by atoms with Gasteiger partial charge in [0.25, 0.3) is 5.91 Å². The van der Waals surface area contributed by atoms with Crippen molar-refractivity contribution in [3.05, 3.63) is 60.2 Å². The van der Waals surface area contributed by atoms with Crippen molar-refractivity contribution in [3.63, 3.8) is 0 Å². The number of carbonyl (C=O) groups excluding carboxylic acids is 1. The molecule has 0 spiro atoms. The highest BCUT2D eigenvalue weighted by Gasteiger charge is 2.11. The fraction of sp³-hybridized carbons (Fsp3) is 0.167. The van der Waals surface area contributed by atoms with Crippen LogP contribution in [0.1, 0.15) is 36.0 Å². The molecule has 0 saturated carbocycles. The number of nitrogens with one attached hydrogen (secondary N) is 1. The summed E-state index contributed by atoms with van der Waals surface area (Å²) in [6, 6.07) is 12.4. The van der Waals surface area contributed by atoms with Crippen molar-refractivity contribution in [2.45, 2.75) is 19.8 Å². The predicted octanol–water partition coefficient (Wildman–Crippen LogP) is 3.18. The molecule has 4 rings (SSSR count). The van der Waals surface area contributed by atoms with Crippen LogP contribution >= 0.6 is 0 Å². The number of rotatable bonds is 4. The predicted molar refractivity (Wildman–Crippen MR) is 95.2 cm³/mol. The van der Waals surface area contributed by atoms with Gasteiger partial charge in [-0.2, -0.15) is 0 Å². The minimum absolute atomic E-state index is 0.208. The van der Waals surface area contributed by atoms with Crippen molar-refractivity contribution < 1.29 is 9.21 Å². The number of fused-ring (bicyclic) bond motifs is 1. The molecular weight excluding hydrogens is 332 g/mol. The van der Waals surface area contributed by atoms with Gasteiger partial charge in [0.05, 0.1) is 5.69 Å². The number of hydrogen-bond acceptors (Lipinski definition) is 6. The van der Waals surface area contributed by atoms with Gasteiger partial charge in [-0.25, -0.2) is 9.67 Å². The molecule has 1 N–H and O–H groups in total. The van der Waals surface area contributed by atoms with Crippen LogP contribution in [0.3, 0.4) is 0 Å². The van der Waals surface area contributed by atoms with Crippen molar-refractivity contribution in [3.8, 4) is 5.69 Å². The average molecular weight is 348 g/mol. The van der Waals surface area contributed by atoms with Gasteiger partial charge in [0, 0.05) is 17.2 Å². The first-order valence-corrected chi connectivity index (χ1v) is 8.15. The molecule has 0 aliphatic heterocycles. The number of benzene rings is 2. The summed E-state index contributed by atoms with van der Waals surface area (Å²) in [5, 5.41) is 13.9. The van der Waals surface area contributed by atoms with Crippen LogP contribution in [0.15, 0.2) is 53.2 Å². The molecule has 0 unspecified atom stereocenters. The third-order valence-corrected chi connectivity index (χ3v) is 3.90. The number of anilines is 1. The van der Waals surface area contributed by atoms with Crippen LogP contribution in [0.5, 0.6) is 0 Å². The Morgan fingerprint density at radius 1 is 1.15 bits per heavy atom. The minimum atomic E-state index is -0.208. The molecule has 1 amide bonds. The minimum Gasteiger partial charge on any atom is -0.440 e. The smallest absolute Gasteiger partial charge is 0.255 e. The summed E-state index contributed by atoms with van der Waals surface area (Å²) in [5.41, 5.74) is 3.40. The van der Waals surface area contributed by atoms with E-state index in [0.717, 1.165) is 11.2 Å². The van der Waals surface area contributed by atoms with Crippen LogP contribution in [0.4, 0.5) is 5.69 Å². The van der Waals surface area contributed by atoms with Gasteiger partial charge in [-0.05, 0) is 52.9 Å². The quantitative estimate of drug-likeness (QED) is 0.608. The van der Waals surface area contributed by atoms with Crippen LogP contribution in [-0.4, -0.2) is 31.1 Å². The van der Waals surface area contributed by atoms with Crippen LogP contribution in [0.25, 0.3) is 16.8 Å². The van der Waals surface area contributed by atoms with E-state index in [0.29, 0.717) is 22.7 Å². The lowest BCUT2D eigenvalue weighted by molar-refractivity contribution is 0.102. The summed E-state index contributed by atoms with van der Waals surface area (Å²) in [4.78, 5) is 16.9. The third kappa shape index (κ3) is 3.04. The molecule has 0 atom stereocenters. The Labute approximate surface area is 148 Å². The number of nitrogens with zero attached hydrogens (tertiary/aromatic N) is 5. The fourth-order valence-corrected chi connectivity index (χ4v) is 2.52. The highest BCUT2D eigenvalue weighted by molar-refractivity contribution is 6.05. The molecular formula is C18H16N6O2. The van der Waals surface area contributed by atoms with E-state index in [9.17, 15) is 4.79 Å². The lowest BCUT2D eigenvalue weighted by Crippen LogP contribution is -2.11. The Morgan fingerprint density at radius 3 is 2.65 bits per heavy atom. The number of amides is 1. The first kappa shape index (κ1) is 15.9. The molecule has 26 heavy (non-hydrogen) atoms. The average Bonchev–Trinajstić information content (AvgIpc) is 3.31. The maximum atomic E-state index is 12.5. The van der Waals surface area contributed by atoms with Gasteiger partial charge in [-0.1, -0.05) is 13.8 Å². The van der Waals surface area contributed by atoms with E-state index in [1.807, 2.05) is 19.9 Å². The molecule has 0 aliphatic rings. The maximum absolute atomic E-state index is 12.5. The van der Waals surface area contributed by atoms with Gasteiger partial charge in [-0.15, -0.1) is 5.10 Å². The molecule has 4 aromatic rings. The second-order valence-electron chi connectivity index (χ2n) is 6.14. The largest absolute Gasteiger partial charge is 0.440 e. The topological polar surface area (TPSA) is 98.7 Å². The Hall–Kier alpha value is -3.55. The zero-order chi connectivity index (χ0) is 18.1. The molecule has 130 valence electrons. The molecule has 0 bridgehead atoms. The van der Waals surface area contributed by atoms with E-state index in [-0.39, 0.29) is 11.8 Å². The summed E-state index contributed by atoms with van der Waals surface area (Å²) in [6.45, 7) is 4.04. The molecule has 8 nitrogen and oxygen atoms in total. The lowest BCUT2D eigenvalue weighted by Gasteiger charge is -2.06. The summed E-state index contributed by atoms with van der Waals surface area (Å²) < 4.78 is 7.20. The monoisotopic (exact) mass is 348 g/mol.